The molecule has 2 aromatic rings. The van der Waals surface area contributed by atoms with E-state index in [1.54, 1.807) is 13.0 Å². The quantitative estimate of drug-likeness (QED) is 0.348. The van der Waals surface area contributed by atoms with E-state index >= 15 is 0 Å². The first-order valence-corrected chi connectivity index (χ1v) is 7.37. The Kier molecular flexibility index (Phi) is 4.10. The molecule has 5 N–H and O–H groups in total. The van der Waals surface area contributed by atoms with Gasteiger partial charge in [-0.25, -0.2) is 4.79 Å². The summed E-state index contributed by atoms with van der Waals surface area (Å²) < 4.78 is 10.3. The molecule has 0 spiro atoms. The summed E-state index contributed by atoms with van der Waals surface area (Å²) in [7, 11) is 0. The van der Waals surface area contributed by atoms with E-state index in [1.807, 2.05) is 0 Å². The van der Waals surface area contributed by atoms with Crippen molar-refractivity contribution in [2.75, 3.05) is 6.61 Å². The zero-order valence-corrected chi connectivity index (χ0v) is 12.8. The van der Waals surface area contributed by atoms with Gasteiger partial charge >= 0.3 is 5.63 Å². The molecule has 1 saturated carbocycles. The van der Waals surface area contributed by atoms with Gasteiger partial charge in [-0.05, 0) is 24.6 Å². The molecule has 8 nitrogen and oxygen atoms in total. The highest BCUT2D eigenvalue weighted by atomic mass is 16.6. The number of ether oxygens (including phenoxy) is 1. The van der Waals surface area contributed by atoms with Crippen molar-refractivity contribution in [1.29, 1.82) is 0 Å². The summed E-state index contributed by atoms with van der Waals surface area (Å²) in [6.45, 7) is 1.11. The lowest BCUT2D eigenvalue weighted by Crippen LogP contribution is -2.76. The number of hydrogen-bond donors (Lipinski definition) is 5. The number of aliphatic hydroxyl groups is 5. The van der Waals surface area contributed by atoms with Gasteiger partial charge in [0, 0.05) is 23.4 Å². The first-order chi connectivity index (χ1) is 11.3. The van der Waals surface area contributed by atoms with Crippen LogP contribution in [0.3, 0.4) is 0 Å². The van der Waals surface area contributed by atoms with Crippen molar-refractivity contribution in [3.05, 3.63) is 40.2 Å². The van der Waals surface area contributed by atoms with Crippen LogP contribution in [0.15, 0.2) is 33.5 Å². The van der Waals surface area contributed by atoms with Crippen LogP contribution < -0.4 is 10.4 Å². The topological polar surface area (TPSA) is 141 Å². The van der Waals surface area contributed by atoms with Crippen molar-refractivity contribution in [3.8, 4) is 5.75 Å². The van der Waals surface area contributed by atoms with Gasteiger partial charge in [-0.3, -0.25) is 0 Å². The van der Waals surface area contributed by atoms with Crippen molar-refractivity contribution in [2.45, 2.75) is 31.0 Å². The summed E-state index contributed by atoms with van der Waals surface area (Å²) in [5.41, 5.74) is -1.79. The van der Waals surface area contributed by atoms with E-state index in [0.29, 0.717) is 10.9 Å². The fraction of sp³-hybridized carbons (Fsp3) is 0.438. The Balaban J connectivity index is 1.88. The minimum Gasteiger partial charge on any atom is -0.462 e. The van der Waals surface area contributed by atoms with Crippen LogP contribution in [0.1, 0.15) is 5.56 Å². The molecule has 0 bridgehead atoms. The van der Waals surface area contributed by atoms with Gasteiger partial charge in [0.2, 0.25) is 6.29 Å². The first-order valence-electron chi connectivity index (χ1n) is 7.37. The number of rotatable bonds is 4. The molecule has 0 radical (unpaired) electrons. The Morgan fingerprint density at radius 1 is 1.33 bits per heavy atom. The molecule has 24 heavy (non-hydrogen) atoms. The van der Waals surface area contributed by atoms with Crippen molar-refractivity contribution in [1.82, 2.24) is 0 Å². The number of hydrogen-bond acceptors (Lipinski definition) is 8. The van der Waals surface area contributed by atoms with Crippen LogP contribution >= 0.6 is 0 Å². The third-order valence-electron chi connectivity index (χ3n) is 4.57. The fourth-order valence-electron chi connectivity index (χ4n) is 3.05. The summed E-state index contributed by atoms with van der Waals surface area (Å²) in [6.07, 6.45) is -4.93. The number of aryl methyl sites for hydroxylation is 1. The second-order valence-electron chi connectivity index (χ2n) is 5.99. The van der Waals surface area contributed by atoms with Crippen molar-refractivity contribution in [2.24, 2.45) is 5.92 Å². The molecule has 3 rings (SSSR count). The molecule has 1 aromatic heterocycles. The highest BCUT2D eigenvalue weighted by Gasteiger charge is 2.65. The maximum atomic E-state index is 11.4. The Morgan fingerprint density at radius 2 is 2.04 bits per heavy atom. The lowest BCUT2D eigenvalue weighted by molar-refractivity contribution is -0.332. The lowest BCUT2D eigenvalue weighted by Gasteiger charge is -2.53. The minimum atomic E-state index is -2.21. The Morgan fingerprint density at radius 3 is 2.71 bits per heavy atom. The molecule has 0 amide bonds. The molecular formula is C16H18O8. The van der Waals surface area contributed by atoms with E-state index in [9.17, 15) is 30.3 Å². The molecule has 0 saturated heterocycles. The maximum absolute atomic E-state index is 11.4. The average Bonchev–Trinajstić information content (AvgIpc) is 2.53. The van der Waals surface area contributed by atoms with Crippen LogP contribution in [0.25, 0.3) is 11.0 Å². The zero-order chi connectivity index (χ0) is 17.6. The van der Waals surface area contributed by atoms with Gasteiger partial charge < -0.3 is 34.7 Å². The maximum Gasteiger partial charge on any atom is 0.336 e. The van der Waals surface area contributed by atoms with E-state index in [0.717, 1.165) is 0 Å². The molecular weight excluding hydrogens is 320 g/mol. The first kappa shape index (κ1) is 16.9. The van der Waals surface area contributed by atoms with Crippen LogP contribution in [-0.4, -0.2) is 56.2 Å². The van der Waals surface area contributed by atoms with Crippen molar-refractivity contribution in [3.63, 3.8) is 0 Å². The number of benzene rings is 1. The Hall–Kier alpha value is -1.97. The third kappa shape index (κ3) is 2.40. The van der Waals surface area contributed by atoms with Gasteiger partial charge in [0.15, 0.2) is 5.60 Å². The highest BCUT2D eigenvalue weighted by Crippen LogP contribution is 2.42. The van der Waals surface area contributed by atoms with Crippen LogP contribution in [0.4, 0.5) is 0 Å². The molecule has 8 heteroatoms. The Bertz CT molecular complexity index is 815. The second kappa shape index (κ2) is 5.83. The van der Waals surface area contributed by atoms with E-state index in [4.69, 9.17) is 9.15 Å². The van der Waals surface area contributed by atoms with Gasteiger partial charge in [-0.1, -0.05) is 0 Å². The van der Waals surface area contributed by atoms with Gasteiger partial charge in [-0.15, -0.1) is 0 Å². The van der Waals surface area contributed by atoms with Crippen LogP contribution in [0.5, 0.6) is 5.75 Å². The largest absolute Gasteiger partial charge is 0.462 e. The van der Waals surface area contributed by atoms with Crippen LogP contribution in [0, 0.1) is 12.8 Å². The number of aliphatic hydroxyl groups excluding tert-OH is 4. The van der Waals surface area contributed by atoms with Gasteiger partial charge in [0.05, 0.1) is 12.7 Å². The van der Waals surface area contributed by atoms with E-state index in [1.165, 1.54) is 18.2 Å². The SMILES string of the molecule is Cc1cc(=O)oc2cc(OC(O)C3(O)C(O)C(O)C3CO)ccc12. The second-order valence-corrected chi connectivity index (χ2v) is 5.99. The monoisotopic (exact) mass is 338 g/mol. The average molecular weight is 338 g/mol. The molecule has 1 aliphatic rings. The molecule has 5 unspecified atom stereocenters. The smallest absolute Gasteiger partial charge is 0.336 e. The third-order valence-corrected chi connectivity index (χ3v) is 4.57. The van der Waals surface area contributed by atoms with E-state index < -0.39 is 42.2 Å². The standard InChI is InChI=1S/C16H18O8/c1-7-4-12(18)24-11-5-8(2-3-9(7)11)23-15(21)16(22)10(6-17)13(19)14(16)20/h2-5,10,13-15,17,19-22H,6H2,1H3. The van der Waals surface area contributed by atoms with Gasteiger partial charge in [0.25, 0.3) is 0 Å². The lowest BCUT2D eigenvalue weighted by atomic mass is 9.64. The summed E-state index contributed by atoms with van der Waals surface area (Å²) in [4.78, 5) is 11.4. The predicted molar refractivity (Wildman–Crippen MR) is 81.4 cm³/mol. The summed E-state index contributed by atoms with van der Waals surface area (Å²) in [6, 6.07) is 5.83. The van der Waals surface area contributed by atoms with Crippen LogP contribution in [0.2, 0.25) is 0 Å². The zero-order valence-electron chi connectivity index (χ0n) is 12.8. The molecule has 1 aliphatic carbocycles. The summed E-state index contributed by atoms with van der Waals surface area (Å²) in [5.74, 6) is -1.06. The van der Waals surface area contributed by atoms with Crippen molar-refractivity contribution < 1.29 is 34.7 Å². The summed E-state index contributed by atoms with van der Waals surface area (Å²) in [5, 5.41) is 49.6. The van der Waals surface area contributed by atoms with Gasteiger partial charge in [0.1, 0.15) is 17.4 Å². The predicted octanol–water partition coefficient (Wildman–Crippen LogP) is -1.13. The van der Waals surface area contributed by atoms with E-state index in [2.05, 4.69) is 0 Å². The molecule has 1 aromatic carbocycles. The molecule has 1 fully saturated rings. The normalized spacial score (nSPS) is 30.8. The van der Waals surface area contributed by atoms with Crippen LogP contribution in [-0.2, 0) is 0 Å². The number of fused-ring (bicyclic) bond motifs is 1. The molecule has 1 heterocycles. The molecule has 0 aliphatic heterocycles. The van der Waals surface area contributed by atoms with E-state index in [-0.39, 0.29) is 11.3 Å². The van der Waals surface area contributed by atoms with Crippen molar-refractivity contribution >= 4 is 11.0 Å². The van der Waals surface area contributed by atoms with Gasteiger partial charge in [-0.2, -0.15) is 0 Å². The fourth-order valence-corrected chi connectivity index (χ4v) is 3.05. The summed E-state index contributed by atoms with van der Waals surface area (Å²) >= 11 is 0. The minimum absolute atomic E-state index is 0.0856. The highest BCUT2D eigenvalue weighted by molar-refractivity contribution is 5.81. The molecule has 5 atom stereocenters. The molecule has 130 valence electrons. The Labute approximate surface area is 136 Å².